The number of aliphatic hydroxyl groups is 2. The Bertz CT molecular complexity index is 1080. The van der Waals surface area contributed by atoms with E-state index in [-0.39, 0.29) is 24.5 Å². The third-order valence-corrected chi connectivity index (χ3v) is 5.06. The van der Waals surface area contributed by atoms with Gasteiger partial charge in [-0.25, -0.2) is 0 Å². The first-order chi connectivity index (χ1) is 12.6. The Morgan fingerprint density at radius 3 is 2.50 bits per heavy atom. The van der Waals surface area contributed by atoms with E-state index in [2.05, 4.69) is 0 Å². The zero-order valence-corrected chi connectivity index (χ0v) is 14.3. The predicted molar refractivity (Wildman–Crippen MR) is 97.4 cm³/mol. The molecule has 0 saturated carbocycles. The summed E-state index contributed by atoms with van der Waals surface area (Å²) in [4.78, 5) is 13.0. The minimum absolute atomic E-state index is 0.0268. The van der Waals surface area contributed by atoms with E-state index in [0.29, 0.717) is 40.6 Å². The molecule has 0 radical (unpaired) electrons. The van der Waals surface area contributed by atoms with E-state index in [1.807, 2.05) is 6.07 Å². The Hall–Kier alpha value is -2.83. The zero-order valence-electron chi connectivity index (χ0n) is 14.3. The second-order valence-electron chi connectivity index (χ2n) is 6.44. The lowest BCUT2D eigenvalue weighted by atomic mass is 9.94. The van der Waals surface area contributed by atoms with Gasteiger partial charge in [-0.2, -0.15) is 0 Å². The highest BCUT2D eigenvalue weighted by atomic mass is 16.5. The molecule has 26 heavy (non-hydrogen) atoms. The standard InChI is InChI=1S/C20H19NO5/c1-26-19-7-11-2-3-21-17(15(11)8-18(19)24)6-12-4-13(9-22)14(10-23)5-16(12)20(21)25/h4-8,22-24H,2-3,9-10H2,1H3. The molecule has 0 spiro atoms. The van der Waals surface area contributed by atoms with Crippen LogP contribution in [0.2, 0.25) is 0 Å². The van der Waals surface area contributed by atoms with Crippen LogP contribution in [-0.4, -0.2) is 27.0 Å². The van der Waals surface area contributed by atoms with Crippen LogP contribution in [-0.2, 0) is 26.2 Å². The lowest BCUT2D eigenvalue weighted by Crippen LogP contribution is -2.26. The molecule has 3 N–H and O–H groups in total. The van der Waals surface area contributed by atoms with Crippen molar-refractivity contribution in [2.24, 2.45) is 0 Å². The highest BCUT2D eigenvalue weighted by Crippen LogP contribution is 2.38. The monoisotopic (exact) mass is 353 g/mol. The summed E-state index contributed by atoms with van der Waals surface area (Å²) in [6, 6.07) is 8.70. The van der Waals surface area contributed by atoms with Crippen molar-refractivity contribution in [2.45, 2.75) is 26.2 Å². The number of hydrogen-bond acceptors (Lipinski definition) is 5. The summed E-state index contributed by atoms with van der Waals surface area (Å²) in [5.74, 6) is 0.439. The van der Waals surface area contributed by atoms with Gasteiger partial charge in [0.25, 0.3) is 5.56 Å². The number of aliphatic hydroxyl groups excluding tert-OH is 2. The van der Waals surface area contributed by atoms with E-state index in [1.54, 1.807) is 28.8 Å². The van der Waals surface area contributed by atoms with Gasteiger partial charge in [-0.3, -0.25) is 4.79 Å². The molecule has 6 nitrogen and oxygen atoms in total. The molecule has 1 aromatic heterocycles. The number of methoxy groups -OCH3 is 1. The summed E-state index contributed by atoms with van der Waals surface area (Å²) in [5.41, 5.74) is 3.53. The molecule has 1 aliphatic heterocycles. The maximum absolute atomic E-state index is 13.0. The SMILES string of the molecule is COc1cc2c(cc1O)-c1cc3cc(CO)c(CO)cc3c(=O)n1CC2. The fourth-order valence-corrected chi connectivity index (χ4v) is 3.68. The normalized spacial score (nSPS) is 12.7. The maximum Gasteiger partial charge on any atom is 0.258 e. The van der Waals surface area contributed by atoms with Crippen molar-refractivity contribution >= 4 is 10.8 Å². The smallest absolute Gasteiger partial charge is 0.258 e. The number of benzene rings is 2. The first kappa shape index (κ1) is 16.6. The van der Waals surface area contributed by atoms with Crippen molar-refractivity contribution < 1.29 is 20.1 Å². The zero-order chi connectivity index (χ0) is 18.4. The van der Waals surface area contributed by atoms with E-state index in [1.165, 1.54) is 7.11 Å². The van der Waals surface area contributed by atoms with Crippen molar-refractivity contribution in [3.8, 4) is 22.8 Å². The van der Waals surface area contributed by atoms with Gasteiger partial charge >= 0.3 is 0 Å². The highest BCUT2D eigenvalue weighted by Gasteiger charge is 2.21. The van der Waals surface area contributed by atoms with Gasteiger partial charge in [-0.15, -0.1) is 0 Å². The average molecular weight is 353 g/mol. The predicted octanol–water partition coefficient (Wildman–Crippen LogP) is 1.92. The summed E-state index contributed by atoms with van der Waals surface area (Å²) < 4.78 is 6.87. The van der Waals surface area contributed by atoms with E-state index in [4.69, 9.17) is 4.74 Å². The number of nitrogens with zero attached hydrogens (tertiary/aromatic N) is 1. The second kappa shape index (κ2) is 6.16. The number of aromatic nitrogens is 1. The summed E-state index contributed by atoms with van der Waals surface area (Å²) in [6.45, 7) is 0.0869. The Morgan fingerprint density at radius 1 is 1.08 bits per heavy atom. The van der Waals surface area contributed by atoms with E-state index < -0.39 is 0 Å². The third-order valence-electron chi connectivity index (χ3n) is 5.06. The van der Waals surface area contributed by atoms with Gasteiger partial charge in [-0.05, 0) is 58.8 Å². The highest BCUT2D eigenvalue weighted by molar-refractivity contribution is 5.88. The molecule has 2 aromatic carbocycles. The number of hydrogen-bond donors (Lipinski definition) is 3. The van der Waals surface area contributed by atoms with Gasteiger partial charge in [0, 0.05) is 17.5 Å². The van der Waals surface area contributed by atoms with Crippen LogP contribution in [0.5, 0.6) is 11.5 Å². The molecule has 0 amide bonds. The third kappa shape index (κ3) is 2.38. The topological polar surface area (TPSA) is 91.9 Å². The number of phenolic OH excluding ortho intramolecular Hbond substituents is 1. The average Bonchev–Trinajstić information content (AvgIpc) is 2.66. The van der Waals surface area contributed by atoms with Crippen LogP contribution in [0.25, 0.3) is 22.0 Å². The number of pyridine rings is 1. The number of phenols is 1. The van der Waals surface area contributed by atoms with Crippen LogP contribution < -0.4 is 10.3 Å². The molecule has 0 bridgehead atoms. The van der Waals surface area contributed by atoms with Crippen molar-refractivity contribution in [1.82, 2.24) is 4.57 Å². The van der Waals surface area contributed by atoms with Crippen molar-refractivity contribution in [1.29, 1.82) is 0 Å². The van der Waals surface area contributed by atoms with E-state index in [9.17, 15) is 20.1 Å². The van der Waals surface area contributed by atoms with Gasteiger partial charge in [0.1, 0.15) is 0 Å². The van der Waals surface area contributed by atoms with Crippen molar-refractivity contribution in [3.05, 3.63) is 57.4 Å². The number of ether oxygens (including phenoxy) is 1. The van der Waals surface area contributed by atoms with Crippen LogP contribution >= 0.6 is 0 Å². The number of aryl methyl sites for hydroxylation is 1. The molecule has 134 valence electrons. The molecule has 0 saturated heterocycles. The van der Waals surface area contributed by atoms with Crippen LogP contribution in [0.4, 0.5) is 0 Å². The first-order valence-corrected chi connectivity index (χ1v) is 8.38. The molecule has 1 aliphatic rings. The lowest BCUT2D eigenvalue weighted by molar-refractivity contribution is 0.260. The molecule has 2 heterocycles. The molecule has 4 rings (SSSR count). The first-order valence-electron chi connectivity index (χ1n) is 8.38. The molecular formula is C20H19NO5. The van der Waals surface area contributed by atoms with Gasteiger partial charge in [0.2, 0.25) is 0 Å². The largest absolute Gasteiger partial charge is 0.504 e. The second-order valence-corrected chi connectivity index (χ2v) is 6.44. The Kier molecular flexibility index (Phi) is 3.94. The quantitative estimate of drug-likeness (QED) is 0.669. The summed E-state index contributed by atoms with van der Waals surface area (Å²) in [5, 5.41) is 30.4. The fourth-order valence-electron chi connectivity index (χ4n) is 3.68. The van der Waals surface area contributed by atoms with Crippen LogP contribution in [0.1, 0.15) is 16.7 Å². The Morgan fingerprint density at radius 2 is 1.81 bits per heavy atom. The Balaban J connectivity index is 2.02. The van der Waals surface area contributed by atoms with Gasteiger partial charge in [0.05, 0.1) is 26.0 Å². The molecule has 3 aromatic rings. The van der Waals surface area contributed by atoms with Gasteiger partial charge in [0.15, 0.2) is 11.5 Å². The molecule has 0 aliphatic carbocycles. The minimum Gasteiger partial charge on any atom is -0.504 e. The van der Waals surface area contributed by atoms with E-state index >= 15 is 0 Å². The van der Waals surface area contributed by atoms with Crippen LogP contribution in [0.15, 0.2) is 35.1 Å². The number of rotatable bonds is 3. The number of fused-ring (bicyclic) bond motifs is 4. The summed E-state index contributed by atoms with van der Waals surface area (Å²) in [6.07, 6.45) is 0.659. The molecule has 0 atom stereocenters. The van der Waals surface area contributed by atoms with Crippen LogP contribution in [0.3, 0.4) is 0 Å². The lowest BCUT2D eigenvalue weighted by Gasteiger charge is -2.23. The maximum atomic E-state index is 13.0. The molecular weight excluding hydrogens is 334 g/mol. The fraction of sp³-hybridized carbons (Fsp3) is 0.250. The van der Waals surface area contributed by atoms with E-state index in [0.717, 1.165) is 16.8 Å². The molecule has 6 heteroatoms. The summed E-state index contributed by atoms with van der Waals surface area (Å²) in [7, 11) is 1.51. The van der Waals surface area contributed by atoms with Crippen LogP contribution in [0, 0.1) is 0 Å². The summed E-state index contributed by atoms with van der Waals surface area (Å²) >= 11 is 0. The number of aromatic hydroxyl groups is 1. The minimum atomic E-state index is -0.233. The molecule has 0 fully saturated rings. The van der Waals surface area contributed by atoms with Gasteiger partial charge < -0.3 is 24.6 Å². The Labute approximate surface area is 149 Å². The van der Waals surface area contributed by atoms with Crippen molar-refractivity contribution in [3.63, 3.8) is 0 Å². The van der Waals surface area contributed by atoms with Crippen molar-refractivity contribution in [2.75, 3.05) is 7.11 Å². The van der Waals surface area contributed by atoms with Gasteiger partial charge in [-0.1, -0.05) is 0 Å². The molecule has 0 unspecified atom stereocenters.